The molecular weight excluding hydrogens is 236 g/mol. The molecule has 0 aromatic carbocycles. The van der Waals surface area contributed by atoms with E-state index in [1.807, 2.05) is 12.1 Å². The van der Waals surface area contributed by atoms with Crippen molar-refractivity contribution in [1.82, 2.24) is 9.88 Å². The Bertz CT molecular complexity index is 372. The lowest BCUT2D eigenvalue weighted by atomic mass is 9.91. The van der Waals surface area contributed by atoms with Crippen molar-refractivity contribution in [3.63, 3.8) is 0 Å². The van der Waals surface area contributed by atoms with Crippen LogP contribution in [0.2, 0.25) is 5.15 Å². The number of pyridine rings is 1. The number of aromatic nitrogens is 1. The van der Waals surface area contributed by atoms with Crippen LogP contribution in [0.3, 0.4) is 0 Å². The van der Waals surface area contributed by atoms with E-state index in [2.05, 4.69) is 16.9 Å². The first-order valence-corrected chi connectivity index (χ1v) is 6.53. The average molecular weight is 255 g/mol. The summed E-state index contributed by atoms with van der Waals surface area (Å²) in [6.07, 6.45) is 5.90. The van der Waals surface area contributed by atoms with E-state index in [0.29, 0.717) is 5.15 Å². The number of aliphatic hydroxyl groups is 1. The maximum Gasteiger partial charge on any atom is 0.129 e. The van der Waals surface area contributed by atoms with Crippen molar-refractivity contribution in [2.75, 3.05) is 7.05 Å². The second-order valence-corrected chi connectivity index (χ2v) is 5.21. The fraction of sp³-hybridized carbons (Fsp3) is 0.615. The topological polar surface area (TPSA) is 36.4 Å². The summed E-state index contributed by atoms with van der Waals surface area (Å²) in [5.41, 5.74) is 1.14. The molecule has 1 aromatic rings. The fourth-order valence-corrected chi connectivity index (χ4v) is 2.75. The normalized spacial score (nSPS) is 25.2. The highest BCUT2D eigenvalue weighted by Crippen LogP contribution is 2.23. The molecule has 1 fully saturated rings. The molecule has 1 aliphatic carbocycles. The van der Waals surface area contributed by atoms with Gasteiger partial charge >= 0.3 is 0 Å². The lowest BCUT2D eigenvalue weighted by Gasteiger charge is -2.35. The van der Waals surface area contributed by atoms with Gasteiger partial charge in [-0.25, -0.2) is 4.98 Å². The molecule has 1 aromatic heterocycles. The van der Waals surface area contributed by atoms with E-state index in [-0.39, 0.29) is 12.1 Å². The van der Waals surface area contributed by atoms with Crippen LogP contribution in [0.15, 0.2) is 18.3 Å². The van der Waals surface area contributed by atoms with Gasteiger partial charge in [0, 0.05) is 18.8 Å². The SMILES string of the molecule is CN(Cc1ccnc(Cl)c1)C1CCCCC1O. The van der Waals surface area contributed by atoms with Crippen molar-refractivity contribution in [1.29, 1.82) is 0 Å². The molecule has 4 heteroatoms. The van der Waals surface area contributed by atoms with Crippen molar-refractivity contribution < 1.29 is 5.11 Å². The molecule has 1 saturated carbocycles. The van der Waals surface area contributed by atoms with Gasteiger partial charge in [-0.1, -0.05) is 24.4 Å². The molecule has 1 heterocycles. The van der Waals surface area contributed by atoms with E-state index >= 15 is 0 Å². The van der Waals surface area contributed by atoms with Crippen LogP contribution in [-0.2, 0) is 6.54 Å². The highest BCUT2D eigenvalue weighted by Gasteiger charge is 2.26. The molecule has 0 aliphatic heterocycles. The number of hydrogen-bond acceptors (Lipinski definition) is 3. The molecule has 2 rings (SSSR count). The lowest BCUT2D eigenvalue weighted by molar-refractivity contribution is 0.0288. The number of likely N-dealkylation sites (N-methyl/N-ethyl adjacent to an activating group) is 1. The zero-order valence-corrected chi connectivity index (χ0v) is 10.9. The minimum atomic E-state index is -0.189. The van der Waals surface area contributed by atoms with Crippen LogP contribution in [0.5, 0.6) is 0 Å². The van der Waals surface area contributed by atoms with Gasteiger partial charge in [-0.2, -0.15) is 0 Å². The Morgan fingerprint density at radius 2 is 2.24 bits per heavy atom. The molecule has 0 spiro atoms. The van der Waals surface area contributed by atoms with Crippen LogP contribution < -0.4 is 0 Å². The van der Waals surface area contributed by atoms with Gasteiger partial charge in [-0.3, -0.25) is 4.90 Å². The van der Waals surface area contributed by atoms with Crippen LogP contribution in [0.25, 0.3) is 0 Å². The molecule has 0 saturated heterocycles. The van der Waals surface area contributed by atoms with Crippen molar-refractivity contribution >= 4 is 11.6 Å². The molecule has 0 amide bonds. The molecule has 17 heavy (non-hydrogen) atoms. The first-order chi connectivity index (χ1) is 8.16. The summed E-state index contributed by atoms with van der Waals surface area (Å²) >= 11 is 5.86. The number of halogens is 1. The number of hydrogen-bond donors (Lipinski definition) is 1. The van der Waals surface area contributed by atoms with Crippen LogP contribution in [0.1, 0.15) is 31.2 Å². The number of rotatable bonds is 3. The van der Waals surface area contributed by atoms with Crippen molar-refractivity contribution in [2.45, 2.75) is 44.4 Å². The van der Waals surface area contributed by atoms with Gasteiger partial charge in [-0.15, -0.1) is 0 Å². The van der Waals surface area contributed by atoms with E-state index in [1.165, 1.54) is 6.42 Å². The smallest absolute Gasteiger partial charge is 0.129 e. The minimum Gasteiger partial charge on any atom is -0.391 e. The summed E-state index contributed by atoms with van der Waals surface area (Å²) in [5.74, 6) is 0. The van der Waals surface area contributed by atoms with Gasteiger partial charge in [0.15, 0.2) is 0 Å². The Morgan fingerprint density at radius 3 is 2.94 bits per heavy atom. The average Bonchev–Trinajstić information content (AvgIpc) is 2.29. The molecular formula is C13H19ClN2O. The molecule has 94 valence electrons. The summed E-state index contributed by atoms with van der Waals surface area (Å²) in [6, 6.07) is 4.13. The predicted molar refractivity (Wildman–Crippen MR) is 69.0 cm³/mol. The van der Waals surface area contributed by atoms with Gasteiger partial charge in [0.1, 0.15) is 5.15 Å². The second-order valence-electron chi connectivity index (χ2n) is 4.82. The third-order valence-electron chi connectivity index (χ3n) is 3.48. The third kappa shape index (κ3) is 3.41. The molecule has 3 nitrogen and oxygen atoms in total. The van der Waals surface area contributed by atoms with Crippen molar-refractivity contribution in [3.05, 3.63) is 29.0 Å². The van der Waals surface area contributed by atoms with E-state index in [1.54, 1.807) is 6.20 Å². The maximum absolute atomic E-state index is 9.99. The summed E-state index contributed by atoms with van der Waals surface area (Å²) in [6.45, 7) is 0.809. The quantitative estimate of drug-likeness (QED) is 0.842. The number of nitrogens with zero attached hydrogens (tertiary/aromatic N) is 2. The van der Waals surface area contributed by atoms with Crippen LogP contribution in [0.4, 0.5) is 0 Å². The molecule has 1 N–H and O–H groups in total. The lowest BCUT2D eigenvalue weighted by Crippen LogP contribution is -2.42. The molecule has 0 bridgehead atoms. The van der Waals surface area contributed by atoms with Crippen molar-refractivity contribution in [2.24, 2.45) is 0 Å². The first kappa shape index (κ1) is 12.8. The molecule has 2 unspecified atom stereocenters. The molecule has 1 aliphatic rings. The Balaban J connectivity index is 1.98. The summed E-state index contributed by atoms with van der Waals surface area (Å²) in [7, 11) is 2.06. The Morgan fingerprint density at radius 1 is 1.47 bits per heavy atom. The zero-order valence-electron chi connectivity index (χ0n) is 10.1. The minimum absolute atomic E-state index is 0.189. The van der Waals surface area contributed by atoms with Gasteiger partial charge < -0.3 is 5.11 Å². The second kappa shape index (κ2) is 5.80. The van der Waals surface area contributed by atoms with Crippen LogP contribution >= 0.6 is 11.6 Å². The maximum atomic E-state index is 9.99. The van der Waals surface area contributed by atoms with Crippen LogP contribution in [-0.4, -0.2) is 34.2 Å². The Kier molecular flexibility index (Phi) is 4.37. The highest BCUT2D eigenvalue weighted by atomic mass is 35.5. The van der Waals surface area contributed by atoms with Gasteiger partial charge in [0.05, 0.1) is 6.10 Å². The van der Waals surface area contributed by atoms with Gasteiger partial charge in [-0.05, 0) is 37.6 Å². The largest absolute Gasteiger partial charge is 0.391 e. The summed E-state index contributed by atoms with van der Waals surface area (Å²) < 4.78 is 0. The van der Waals surface area contributed by atoms with E-state index < -0.39 is 0 Å². The van der Waals surface area contributed by atoms with Gasteiger partial charge in [0.25, 0.3) is 0 Å². The van der Waals surface area contributed by atoms with Gasteiger partial charge in [0.2, 0.25) is 0 Å². The van der Waals surface area contributed by atoms with E-state index in [4.69, 9.17) is 11.6 Å². The monoisotopic (exact) mass is 254 g/mol. The highest BCUT2D eigenvalue weighted by molar-refractivity contribution is 6.29. The van der Waals surface area contributed by atoms with Crippen molar-refractivity contribution in [3.8, 4) is 0 Å². The zero-order chi connectivity index (χ0) is 12.3. The van der Waals surface area contributed by atoms with Crippen LogP contribution in [0, 0.1) is 0 Å². The van der Waals surface area contributed by atoms with E-state index in [0.717, 1.165) is 31.4 Å². The first-order valence-electron chi connectivity index (χ1n) is 6.15. The Labute approximate surface area is 107 Å². The third-order valence-corrected chi connectivity index (χ3v) is 3.69. The summed E-state index contributed by atoms with van der Waals surface area (Å²) in [4.78, 5) is 6.19. The molecule has 0 radical (unpaired) electrons. The number of aliphatic hydroxyl groups excluding tert-OH is 1. The molecule has 2 atom stereocenters. The summed E-state index contributed by atoms with van der Waals surface area (Å²) in [5, 5.41) is 10.5. The predicted octanol–water partition coefficient (Wildman–Crippen LogP) is 2.47. The van der Waals surface area contributed by atoms with E-state index in [9.17, 15) is 5.11 Å². The fourth-order valence-electron chi connectivity index (χ4n) is 2.55. The standard InChI is InChI=1S/C13H19ClN2O/c1-16(11-4-2-3-5-12(11)17)9-10-6-7-15-13(14)8-10/h6-8,11-12,17H,2-5,9H2,1H3. The Hall–Kier alpha value is -0.640.